The Bertz CT molecular complexity index is 3600. The Hall–Kier alpha value is -7.28. The van der Waals surface area contributed by atoms with Crippen molar-refractivity contribution in [1.82, 2.24) is 0 Å². The van der Waals surface area contributed by atoms with E-state index in [1.165, 1.54) is 97.3 Å². The molecule has 314 valence electrons. The highest BCUT2D eigenvalue weighted by Gasteiger charge is 2.60. The van der Waals surface area contributed by atoms with Gasteiger partial charge in [-0.2, -0.15) is 0 Å². The highest BCUT2D eigenvalue weighted by atomic mass is 14.6. The highest BCUT2D eigenvalue weighted by molar-refractivity contribution is 6.08. The molecule has 0 N–H and O–H groups in total. The SMILES string of the molecule is CC1(c2c3ccccc3cc3ccccc23)CC2(c3c4ccccc4cc4ccccc34)CC(c3c4ccccc4cc4ccccc34)CC(c3c4ccccc4cc4ccccc34)(C1)C2. The Morgan fingerprint density at radius 2 is 0.530 bits per heavy atom. The number of benzene rings is 12. The Balaban J connectivity index is 1.18. The fourth-order valence-corrected chi connectivity index (χ4v) is 14.9. The molecule has 2 aliphatic carbocycles. The molecule has 0 spiro atoms. The van der Waals surface area contributed by atoms with E-state index in [0.717, 1.165) is 32.1 Å². The lowest BCUT2D eigenvalue weighted by molar-refractivity contribution is 0.0512. The van der Waals surface area contributed by atoms with Gasteiger partial charge in [-0.15, -0.1) is 0 Å². The molecule has 2 aliphatic rings. The van der Waals surface area contributed by atoms with Gasteiger partial charge in [-0.1, -0.05) is 201 Å². The van der Waals surface area contributed by atoms with E-state index in [9.17, 15) is 0 Å². The smallest absolute Gasteiger partial charge is 0.00120 e. The van der Waals surface area contributed by atoms with Crippen molar-refractivity contribution in [2.45, 2.75) is 61.2 Å². The number of hydrogen-bond donors (Lipinski definition) is 0. The molecule has 2 unspecified atom stereocenters. The van der Waals surface area contributed by atoms with E-state index in [2.05, 4.69) is 225 Å². The number of fused-ring (bicyclic) bond motifs is 10. The summed E-state index contributed by atoms with van der Waals surface area (Å²) in [5.74, 6) is 0.277. The Kier molecular flexibility index (Phi) is 8.13. The number of rotatable bonds is 4. The van der Waals surface area contributed by atoms with Crippen LogP contribution in [0, 0.1) is 0 Å². The quantitative estimate of drug-likeness (QED) is 0.155. The topological polar surface area (TPSA) is 0 Å². The molecule has 2 fully saturated rings. The van der Waals surface area contributed by atoms with Crippen LogP contribution < -0.4 is 0 Å². The minimum absolute atomic E-state index is 0.222. The fraction of sp³-hybridized carbons (Fsp3) is 0.152. The van der Waals surface area contributed by atoms with Crippen LogP contribution in [0.2, 0.25) is 0 Å². The zero-order valence-corrected chi connectivity index (χ0v) is 37.4. The second kappa shape index (κ2) is 14.1. The summed E-state index contributed by atoms with van der Waals surface area (Å²) in [5, 5.41) is 21.9. The lowest BCUT2D eigenvalue weighted by Gasteiger charge is -2.62. The first-order valence-electron chi connectivity index (χ1n) is 24.1. The standard InChI is InChI=1S/C66H50/c1-64(61-54-28-12-4-20-45(54)35-46-21-5-13-29-55(46)61)40-65(62-56-30-14-6-22-47(56)36-48-23-7-15-31-57(48)62)38-51(60-52-26-10-2-18-43(52)34-44-19-3-11-27-53(44)60)39-66(41-64,42-65)63-58-32-16-8-24-49(58)37-50-25-9-17-33-59(50)63/h2-37,51H,38-42H2,1H3. The molecular weight excluding hydrogens is 793 g/mol. The summed E-state index contributed by atoms with van der Waals surface area (Å²) >= 11 is 0. The van der Waals surface area contributed by atoms with Crippen LogP contribution in [-0.4, -0.2) is 0 Å². The maximum atomic E-state index is 2.69. The molecule has 0 aromatic heterocycles. The van der Waals surface area contributed by atoms with E-state index >= 15 is 0 Å². The van der Waals surface area contributed by atoms with Gasteiger partial charge in [0.05, 0.1) is 0 Å². The first-order valence-corrected chi connectivity index (χ1v) is 24.1. The molecular formula is C66H50. The molecule has 14 rings (SSSR count). The molecule has 2 bridgehead atoms. The largest absolute Gasteiger partial charge is 0.0616 e. The van der Waals surface area contributed by atoms with E-state index in [1.54, 1.807) is 11.1 Å². The molecule has 12 aromatic carbocycles. The van der Waals surface area contributed by atoms with Crippen LogP contribution in [-0.2, 0) is 16.2 Å². The number of hydrogen-bond acceptors (Lipinski definition) is 0. The van der Waals surface area contributed by atoms with Gasteiger partial charge in [-0.25, -0.2) is 0 Å². The molecule has 66 heavy (non-hydrogen) atoms. The summed E-state index contributed by atoms with van der Waals surface area (Å²) in [4.78, 5) is 0. The summed E-state index contributed by atoms with van der Waals surface area (Å²) in [7, 11) is 0. The molecule has 0 aliphatic heterocycles. The van der Waals surface area contributed by atoms with E-state index in [0.29, 0.717) is 0 Å². The summed E-state index contributed by atoms with van der Waals surface area (Å²) in [5.41, 5.74) is 5.47. The van der Waals surface area contributed by atoms with Crippen LogP contribution in [0.1, 0.15) is 67.2 Å². The van der Waals surface area contributed by atoms with Crippen LogP contribution in [0.4, 0.5) is 0 Å². The van der Waals surface area contributed by atoms with Crippen molar-refractivity contribution >= 4 is 86.2 Å². The van der Waals surface area contributed by atoms with Crippen LogP contribution in [0.3, 0.4) is 0 Å². The van der Waals surface area contributed by atoms with Crippen LogP contribution in [0.15, 0.2) is 218 Å². The molecule has 2 saturated carbocycles. The van der Waals surface area contributed by atoms with E-state index in [4.69, 9.17) is 0 Å². The average Bonchev–Trinajstić information content (AvgIpc) is 3.35. The summed E-state index contributed by atoms with van der Waals surface area (Å²) in [6.45, 7) is 2.69. The van der Waals surface area contributed by atoms with Gasteiger partial charge in [0, 0.05) is 0 Å². The second-order valence-corrected chi connectivity index (χ2v) is 20.6. The van der Waals surface area contributed by atoms with Crippen molar-refractivity contribution in [3.63, 3.8) is 0 Å². The maximum Gasteiger partial charge on any atom is -0.00120 e. The van der Waals surface area contributed by atoms with Crippen LogP contribution in [0.25, 0.3) is 86.2 Å². The van der Waals surface area contributed by atoms with Crippen molar-refractivity contribution in [3.05, 3.63) is 241 Å². The first-order chi connectivity index (χ1) is 32.5. The zero-order chi connectivity index (χ0) is 43.6. The normalized spacial score (nSPS) is 22.0. The fourth-order valence-electron chi connectivity index (χ4n) is 14.9. The molecule has 2 atom stereocenters. The molecule has 0 heteroatoms. The molecule has 12 aromatic rings. The lowest BCUT2D eigenvalue weighted by Crippen LogP contribution is -2.55. The highest BCUT2D eigenvalue weighted by Crippen LogP contribution is 2.69. The molecule has 0 amide bonds. The molecule has 0 saturated heterocycles. The van der Waals surface area contributed by atoms with E-state index in [1.807, 2.05) is 0 Å². The third-order valence-corrected chi connectivity index (χ3v) is 16.6. The van der Waals surface area contributed by atoms with Crippen molar-refractivity contribution in [3.8, 4) is 0 Å². The minimum Gasteiger partial charge on any atom is -0.0616 e. The lowest BCUT2D eigenvalue weighted by atomic mass is 9.41. The van der Waals surface area contributed by atoms with Gasteiger partial charge in [-0.05, 0) is 187 Å². The van der Waals surface area contributed by atoms with E-state index in [-0.39, 0.29) is 22.2 Å². The maximum absolute atomic E-state index is 2.69. The van der Waals surface area contributed by atoms with Crippen LogP contribution in [0.5, 0.6) is 0 Å². The van der Waals surface area contributed by atoms with Crippen molar-refractivity contribution < 1.29 is 0 Å². The van der Waals surface area contributed by atoms with Gasteiger partial charge in [0.25, 0.3) is 0 Å². The monoisotopic (exact) mass is 842 g/mol. The molecule has 0 nitrogen and oxygen atoms in total. The van der Waals surface area contributed by atoms with E-state index < -0.39 is 0 Å². The predicted molar refractivity (Wildman–Crippen MR) is 282 cm³/mol. The van der Waals surface area contributed by atoms with Gasteiger partial charge < -0.3 is 0 Å². The Morgan fingerprint density at radius 1 is 0.288 bits per heavy atom. The van der Waals surface area contributed by atoms with Gasteiger partial charge in [0.2, 0.25) is 0 Å². The Morgan fingerprint density at radius 3 is 0.833 bits per heavy atom. The third kappa shape index (κ3) is 5.51. The molecule has 0 radical (unpaired) electrons. The summed E-state index contributed by atoms with van der Waals surface area (Å²) in [6.07, 6.45) is 5.28. The summed E-state index contributed by atoms with van der Waals surface area (Å²) < 4.78 is 0. The zero-order valence-electron chi connectivity index (χ0n) is 37.4. The minimum atomic E-state index is -0.232. The van der Waals surface area contributed by atoms with Gasteiger partial charge >= 0.3 is 0 Å². The summed E-state index contributed by atoms with van der Waals surface area (Å²) in [6, 6.07) is 84.3. The molecule has 0 heterocycles. The third-order valence-electron chi connectivity index (χ3n) is 16.6. The van der Waals surface area contributed by atoms with Crippen molar-refractivity contribution in [2.24, 2.45) is 0 Å². The van der Waals surface area contributed by atoms with Crippen molar-refractivity contribution in [2.75, 3.05) is 0 Å². The van der Waals surface area contributed by atoms with Crippen molar-refractivity contribution in [1.29, 1.82) is 0 Å². The van der Waals surface area contributed by atoms with Crippen LogP contribution >= 0.6 is 0 Å². The average molecular weight is 843 g/mol. The Labute approximate surface area is 386 Å². The second-order valence-electron chi connectivity index (χ2n) is 20.6. The van der Waals surface area contributed by atoms with Gasteiger partial charge in [-0.3, -0.25) is 0 Å². The first kappa shape index (κ1) is 38.0. The van der Waals surface area contributed by atoms with Gasteiger partial charge in [0.15, 0.2) is 0 Å². The van der Waals surface area contributed by atoms with Gasteiger partial charge in [0.1, 0.15) is 0 Å². The predicted octanol–water partition coefficient (Wildman–Crippen LogP) is 17.8.